The van der Waals surface area contributed by atoms with Gasteiger partial charge in [0.1, 0.15) is 0 Å². The normalized spacial score (nSPS) is 25.3. The Morgan fingerprint density at radius 3 is 1.78 bits per heavy atom. The molecule has 1 fully saturated rings. The molecule has 2 N–H and O–H groups in total. The maximum absolute atomic E-state index is 5.98. The van der Waals surface area contributed by atoms with Crippen LogP contribution in [0.5, 0.6) is 0 Å². The van der Waals surface area contributed by atoms with Gasteiger partial charge in [-0.2, -0.15) is 0 Å². The Balaban J connectivity index is 2.59. The molecule has 1 nitrogen and oxygen atoms in total. The molecule has 0 spiro atoms. The fourth-order valence-corrected chi connectivity index (χ4v) is 1.35. The lowest BCUT2D eigenvalue weighted by Crippen LogP contribution is -2.52. The molecule has 0 aromatic carbocycles. The van der Waals surface area contributed by atoms with Gasteiger partial charge in [0, 0.05) is 5.54 Å². The second-order valence-corrected chi connectivity index (χ2v) is 4.14. The summed E-state index contributed by atoms with van der Waals surface area (Å²) < 4.78 is 0. The van der Waals surface area contributed by atoms with Gasteiger partial charge in [-0.1, -0.05) is 13.3 Å². The molecular formula is C8H17N. The fraction of sp³-hybridized carbons (Fsp3) is 1.00. The molecule has 0 aliphatic heterocycles. The summed E-state index contributed by atoms with van der Waals surface area (Å²) in [5.41, 5.74) is 6.45. The average Bonchev–Trinajstić information content (AvgIpc) is 1.57. The van der Waals surface area contributed by atoms with Gasteiger partial charge in [-0.15, -0.1) is 0 Å². The zero-order chi connectivity index (χ0) is 7.12. The molecule has 0 aromatic rings. The molecule has 0 atom stereocenters. The van der Waals surface area contributed by atoms with Gasteiger partial charge < -0.3 is 5.73 Å². The van der Waals surface area contributed by atoms with Crippen molar-refractivity contribution in [3.05, 3.63) is 0 Å². The maximum atomic E-state index is 5.98. The first kappa shape index (κ1) is 7.07. The van der Waals surface area contributed by atoms with Gasteiger partial charge in [0.25, 0.3) is 0 Å². The molecule has 54 valence electrons. The molecule has 1 heteroatoms. The third kappa shape index (κ3) is 0.983. The van der Waals surface area contributed by atoms with E-state index in [2.05, 4.69) is 20.8 Å². The Kier molecular flexibility index (Phi) is 1.35. The zero-order valence-electron chi connectivity index (χ0n) is 6.70. The van der Waals surface area contributed by atoms with Crippen LogP contribution in [-0.2, 0) is 0 Å². The summed E-state index contributed by atoms with van der Waals surface area (Å²) >= 11 is 0. The molecule has 1 rings (SSSR count). The predicted molar refractivity (Wildman–Crippen MR) is 40.2 cm³/mol. The van der Waals surface area contributed by atoms with E-state index in [1.54, 1.807) is 0 Å². The van der Waals surface area contributed by atoms with E-state index in [0.29, 0.717) is 5.41 Å². The van der Waals surface area contributed by atoms with Crippen molar-refractivity contribution in [2.24, 2.45) is 11.1 Å². The minimum Gasteiger partial charge on any atom is -0.325 e. The van der Waals surface area contributed by atoms with Crippen LogP contribution in [0.2, 0.25) is 0 Å². The summed E-state index contributed by atoms with van der Waals surface area (Å²) in [5, 5.41) is 0. The Hall–Kier alpha value is -0.0400. The van der Waals surface area contributed by atoms with Crippen LogP contribution >= 0.6 is 0 Å². The van der Waals surface area contributed by atoms with Crippen molar-refractivity contribution < 1.29 is 0 Å². The van der Waals surface area contributed by atoms with Gasteiger partial charge in [0.15, 0.2) is 0 Å². The predicted octanol–water partition coefficient (Wildman–Crippen LogP) is 1.91. The van der Waals surface area contributed by atoms with E-state index in [4.69, 9.17) is 5.73 Å². The molecule has 0 aromatic heterocycles. The highest BCUT2D eigenvalue weighted by Crippen LogP contribution is 2.47. The van der Waals surface area contributed by atoms with Crippen LogP contribution in [0.15, 0.2) is 0 Å². The number of hydrogen-bond donors (Lipinski definition) is 1. The summed E-state index contributed by atoms with van der Waals surface area (Å²) in [7, 11) is 0. The van der Waals surface area contributed by atoms with Crippen LogP contribution in [0.1, 0.15) is 40.0 Å². The van der Waals surface area contributed by atoms with Crippen molar-refractivity contribution in [1.82, 2.24) is 0 Å². The molecule has 0 saturated heterocycles. The summed E-state index contributed by atoms with van der Waals surface area (Å²) in [5.74, 6) is 0. The Bertz CT molecular complexity index is 106. The molecule has 0 unspecified atom stereocenters. The highest BCUT2D eigenvalue weighted by atomic mass is 14.8. The number of nitrogens with two attached hydrogens (primary N) is 1. The first-order valence-electron chi connectivity index (χ1n) is 3.75. The Labute approximate surface area is 57.6 Å². The van der Waals surface area contributed by atoms with Crippen molar-refractivity contribution in [2.45, 2.75) is 45.6 Å². The van der Waals surface area contributed by atoms with Crippen LogP contribution in [0.4, 0.5) is 0 Å². The fourth-order valence-electron chi connectivity index (χ4n) is 1.35. The average molecular weight is 127 g/mol. The lowest BCUT2D eigenvalue weighted by atomic mass is 9.60. The van der Waals surface area contributed by atoms with Crippen molar-refractivity contribution in [3.63, 3.8) is 0 Å². The van der Waals surface area contributed by atoms with E-state index in [9.17, 15) is 0 Å². The first-order chi connectivity index (χ1) is 3.96. The molecule has 9 heavy (non-hydrogen) atoms. The van der Waals surface area contributed by atoms with E-state index in [1.807, 2.05) is 0 Å². The van der Waals surface area contributed by atoms with Crippen molar-refractivity contribution in [3.8, 4) is 0 Å². The molecule has 1 saturated carbocycles. The van der Waals surface area contributed by atoms with E-state index in [0.717, 1.165) is 0 Å². The second kappa shape index (κ2) is 1.72. The summed E-state index contributed by atoms with van der Waals surface area (Å²) in [6.07, 6.45) is 4.00. The third-order valence-electron chi connectivity index (χ3n) is 3.01. The van der Waals surface area contributed by atoms with Gasteiger partial charge in [0.05, 0.1) is 0 Å². The summed E-state index contributed by atoms with van der Waals surface area (Å²) in [6.45, 7) is 6.55. The van der Waals surface area contributed by atoms with Crippen LogP contribution in [0.3, 0.4) is 0 Å². The monoisotopic (exact) mass is 127 g/mol. The van der Waals surface area contributed by atoms with E-state index in [-0.39, 0.29) is 5.54 Å². The SMILES string of the molecule is CC(C)(N)C1(C)CCC1. The largest absolute Gasteiger partial charge is 0.325 e. The van der Waals surface area contributed by atoms with Gasteiger partial charge in [0.2, 0.25) is 0 Å². The van der Waals surface area contributed by atoms with Crippen LogP contribution in [0.25, 0.3) is 0 Å². The number of rotatable bonds is 1. The molecule has 0 bridgehead atoms. The molecule has 0 heterocycles. The highest BCUT2D eigenvalue weighted by molar-refractivity contribution is 4.98. The van der Waals surface area contributed by atoms with Crippen LogP contribution < -0.4 is 5.73 Å². The van der Waals surface area contributed by atoms with E-state index in [1.165, 1.54) is 19.3 Å². The summed E-state index contributed by atoms with van der Waals surface area (Å²) in [4.78, 5) is 0. The summed E-state index contributed by atoms with van der Waals surface area (Å²) in [6, 6.07) is 0. The molecule has 0 radical (unpaired) electrons. The van der Waals surface area contributed by atoms with Gasteiger partial charge in [-0.3, -0.25) is 0 Å². The van der Waals surface area contributed by atoms with Crippen LogP contribution in [0, 0.1) is 5.41 Å². The Morgan fingerprint density at radius 2 is 1.78 bits per heavy atom. The van der Waals surface area contributed by atoms with Gasteiger partial charge >= 0.3 is 0 Å². The number of hydrogen-bond acceptors (Lipinski definition) is 1. The lowest BCUT2D eigenvalue weighted by molar-refractivity contribution is 0.0672. The maximum Gasteiger partial charge on any atom is 0.0151 e. The van der Waals surface area contributed by atoms with Gasteiger partial charge in [-0.25, -0.2) is 0 Å². The molecular weight excluding hydrogens is 110 g/mol. The molecule has 0 amide bonds. The first-order valence-corrected chi connectivity index (χ1v) is 3.75. The lowest BCUT2D eigenvalue weighted by Gasteiger charge is -2.48. The van der Waals surface area contributed by atoms with Crippen molar-refractivity contribution >= 4 is 0 Å². The molecule has 1 aliphatic carbocycles. The minimum atomic E-state index is 0.0330. The Morgan fingerprint density at radius 1 is 1.33 bits per heavy atom. The highest BCUT2D eigenvalue weighted by Gasteiger charge is 2.42. The second-order valence-electron chi connectivity index (χ2n) is 4.14. The zero-order valence-corrected chi connectivity index (χ0v) is 6.70. The standard InChI is InChI=1S/C8H17N/c1-7(2,9)8(3)5-4-6-8/h4-6,9H2,1-3H3. The van der Waals surface area contributed by atoms with Crippen LogP contribution in [-0.4, -0.2) is 5.54 Å². The smallest absolute Gasteiger partial charge is 0.0151 e. The van der Waals surface area contributed by atoms with Crippen molar-refractivity contribution in [2.75, 3.05) is 0 Å². The van der Waals surface area contributed by atoms with E-state index < -0.39 is 0 Å². The minimum absolute atomic E-state index is 0.0330. The van der Waals surface area contributed by atoms with Crippen molar-refractivity contribution in [1.29, 1.82) is 0 Å². The van der Waals surface area contributed by atoms with E-state index >= 15 is 0 Å². The quantitative estimate of drug-likeness (QED) is 0.572. The molecule has 1 aliphatic rings. The third-order valence-corrected chi connectivity index (χ3v) is 3.01. The van der Waals surface area contributed by atoms with Gasteiger partial charge in [-0.05, 0) is 32.1 Å². The topological polar surface area (TPSA) is 26.0 Å².